The largest absolute Gasteiger partial charge is 0.467 e. The van der Waals surface area contributed by atoms with E-state index in [9.17, 15) is 34.7 Å². The average molecular weight is 511 g/mol. The molecule has 1 aromatic carbocycles. The predicted molar refractivity (Wildman–Crippen MR) is 120 cm³/mol. The molecule has 11 nitrogen and oxygen atoms in total. The Bertz CT molecular complexity index is 1120. The molecule has 6 atom stereocenters. The summed E-state index contributed by atoms with van der Waals surface area (Å²) in [7, 11) is 0.990. The molecule has 5 N–H and O–H groups in total. The maximum Gasteiger partial charge on any atom is 0.356 e. The van der Waals surface area contributed by atoms with E-state index in [2.05, 4.69) is 9.84 Å². The number of hydrogen-bond donors (Lipinski definition) is 5. The van der Waals surface area contributed by atoms with Crippen molar-refractivity contribution in [2.75, 3.05) is 7.11 Å². The van der Waals surface area contributed by atoms with Gasteiger partial charge in [-0.3, -0.25) is 4.68 Å². The lowest BCUT2D eigenvalue weighted by Crippen LogP contribution is -2.69. The van der Waals surface area contributed by atoms with E-state index >= 15 is 0 Å². The summed E-state index contributed by atoms with van der Waals surface area (Å²) in [6.07, 6.45) is -7.98. The fourth-order valence-corrected chi connectivity index (χ4v) is 4.17. The molecule has 0 amide bonds. The summed E-state index contributed by atoms with van der Waals surface area (Å²) >= 11 is 0. The van der Waals surface area contributed by atoms with E-state index in [-0.39, 0.29) is 18.1 Å². The number of carbonyl (C=O) groups is 1. The molecule has 2 aliphatic rings. The molecule has 12 heteroatoms. The summed E-state index contributed by atoms with van der Waals surface area (Å²) in [5.41, 5.74) is 2.23. The van der Waals surface area contributed by atoms with Gasteiger partial charge in [0, 0.05) is 24.2 Å². The molecule has 4 rings (SSSR count). The summed E-state index contributed by atoms with van der Waals surface area (Å²) in [6, 6.07) is 4.75. The Kier molecular flexibility index (Phi) is 7.37. The molecule has 1 aliphatic heterocycles. The van der Waals surface area contributed by atoms with Crippen LogP contribution in [0.2, 0.25) is 0 Å². The van der Waals surface area contributed by atoms with Gasteiger partial charge < -0.3 is 39.7 Å². The number of hydrogen-bond acceptors (Lipinski definition) is 10. The van der Waals surface area contributed by atoms with Gasteiger partial charge in [-0.2, -0.15) is 0 Å². The van der Waals surface area contributed by atoms with Crippen molar-refractivity contribution in [3.8, 4) is 5.88 Å². The van der Waals surface area contributed by atoms with E-state index < -0.39 is 42.5 Å². The molecular formula is C24H31FN2O9. The maximum absolute atomic E-state index is 14.2. The lowest BCUT2D eigenvalue weighted by molar-refractivity contribution is -0.426. The molecule has 2 aromatic rings. The quantitative estimate of drug-likeness (QED) is 0.235. The zero-order valence-corrected chi connectivity index (χ0v) is 20.2. The second kappa shape index (κ2) is 10.0. The first kappa shape index (κ1) is 26.5. The van der Waals surface area contributed by atoms with Gasteiger partial charge in [0.1, 0.15) is 24.1 Å². The van der Waals surface area contributed by atoms with Crippen molar-refractivity contribution in [2.24, 2.45) is 5.92 Å². The number of nitrogens with zero attached hydrogens (tertiary/aromatic N) is 2. The van der Waals surface area contributed by atoms with E-state index in [1.165, 1.54) is 6.07 Å². The third kappa shape index (κ3) is 5.10. The van der Waals surface area contributed by atoms with E-state index in [0.717, 1.165) is 20.0 Å². The van der Waals surface area contributed by atoms with Crippen LogP contribution < -0.4 is 4.74 Å². The van der Waals surface area contributed by atoms with Crippen LogP contribution in [0.5, 0.6) is 5.88 Å². The molecule has 2 heterocycles. The topological polar surface area (TPSA) is 164 Å². The Morgan fingerprint density at radius 3 is 2.58 bits per heavy atom. The summed E-state index contributed by atoms with van der Waals surface area (Å²) in [6.45, 7) is 4.01. The summed E-state index contributed by atoms with van der Waals surface area (Å²) in [5.74, 6) is -4.32. The van der Waals surface area contributed by atoms with E-state index in [1.54, 1.807) is 30.7 Å². The van der Waals surface area contributed by atoms with Crippen molar-refractivity contribution in [2.45, 2.75) is 76.1 Å². The van der Waals surface area contributed by atoms with Crippen molar-refractivity contribution in [3.05, 3.63) is 46.4 Å². The number of aryl methyl sites for hydroxylation is 1. The van der Waals surface area contributed by atoms with Crippen molar-refractivity contribution in [1.82, 2.24) is 9.78 Å². The number of ether oxygens (including phenoxy) is 3. The van der Waals surface area contributed by atoms with Gasteiger partial charge in [-0.1, -0.05) is 12.1 Å². The number of methoxy groups -OCH3 is 1. The highest BCUT2D eigenvalue weighted by Crippen LogP contribution is 2.37. The number of carbonyl (C=O) groups excluding carboxylic acids is 1. The summed E-state index contributed by atoms with van der Waals surface area (Å²) in [5, 5.41) is 56.8. The zero-order chi connectivity index (χ0) is 26.4. The second-order valence-corrected chi connectivity index (χ2v) is 9.46. The van der Waals surface area contributed by atoms with Crippen LogP contribution in [-0.2, 0) is 27.2 Å². The third-order valence-corrected chi connectivity index (χ3v) is 6.72. The molecule has 36 heavy (non-hydrogen) atoms. The molecule has 1 unspecified atom stereocenters. The van der Waals surface area contributed by atoms with Gasteiger partial charge in [-0.05, 0) is 49.8 Å². The highest BCUT2D eigenvalue weighted by atomic mass is 19.1. The number of aliphatic hydroxyl groups is 5. The minimum Gasteiger partial charge on any atom is -0.467 e. The fraction of sp³-hybridized carbons (Fsp3) is 0.583. The molecule has 2 fully saturated rings. The SMILES string of the molecule is COC(=O)C(O)[C@H]1O[C@](O)(Oc2nn(CC3CC3)c(C)c2Cc2ccc(C)c(F)c2)[C@H](O)[C@@H](O)[C@@H]1O. The van der Waals surface area contributed by atoms with Crippen LogP contribution in [-0.4, -0.2) is 84.9 Å². The predicted octanol–water partition coefficient (Wildman–Crippen LogP) is -0.320. The first-order chi connectivity index (χ1) is 16.9. The van der Waals surface area contributed by atoms with Gasteiger partial charge in [0.15, 0.2) is 12.2 Å². The third-order valence-electron chi connectivity index (χ3n) is 6.72. The highest BCUT2D eigenvalue weighted by Gasteiger charge is 2.58. The molecule has 0 bridgehead atoms. The van der Waals surface area contributed by atoms with Crippen molar-refractivity contribution < 1.29 is 48.9 Å². The highest BCUT2D eigenvalue weighted by molar-refractivity contribution is 5.75. The van der Waals surface area contributed by atoms with Gasteiger partial charge >= 0.3 is 11.9 Å². The van der Waals surface area contributed by atoms with Crippen LogP contribution in [0.4, 0.5) is 4.39 Å². The summed E-state index contributed by atoms with van der Waals surface area (Å²) in [4.78, 5) is 11.8. The van der Waals surface area contributed by atoms with Crippen LogP contribution in [0.15, 0.2) is 18.2 Å². The van der Waals surface area contributed by atoms with Crippen LogP contribution in [0.25, 0.3) is 0 Å². The van der Waals surface area contributed by atoms with Gasteiger partial charge in [-0.15, -0.1) is 5.10 Å². The molecule has 1 saturated carbocycles. The minimum atomic E-state index is -3.00. The fourth-order valence-electron chi connectivity index (χ4n) is 4.17. The van der Waals surface area contributed by atoms with E-state index in [1.807, 2.05) is 0 Å². The number of esters is 1. The number of aliphatic hydroxyl groups excluding tert-OH is 4. The number of halogens is 1. The number of rotatable bonds is 8. The molecule has 1 saturated heterocycles. The average Bonchev–Trinajstić information content (AvgIpc) is 3.63. The van der Waals surface area contributed by atoms with E-state index in [0.29, 0.717) is 34.8 Å². The normalized spacial score (nSPS) is 29.1. The lowest BCUT2D eigenvalue weighted by Gasteiger charge is -2.45. The van der Waals surface area contributed by atoms with Gasteiger partial charge in [0.25, 0.3) is 0 Å². The smallest absolute Gasteiger partial charge is 0.356 e. The van der Waals surface area contributed by atoms with Crippen LogP contribution in [0, 0.1) is 25.6 Å². The minimum absolute atomic E-state index is 0.161. The Morgan fingerprint density at radius 1 is 1.28 bits per heavy atom. The van der Waals surface area contributed by atoms with Crippen molar-refractivity contribution in [1.29, 1.82) is 0 Å². The lowest BCUT2D eigenvalue weighted by atomic mass is 9.94. The van der Waals surface area contributed by atoms with Crippen LogP contribution in [0.3, 0.4) is 0 Å². The van der Waals surface area contributed by atoms with Crippen molar-refractivity contribution >= 4 is 5.97 Å². The Hall–Kier alpha value is -2.61. The standard InChI is InChI=1S/C24H31FN2O9/c1-11-4-5-14(9-16(11)25)8-15-12(2)27(10-13-6-7-13)26-22(15)36-24(33)21(31)18(29)17(28)20(35-24)19(30)23(32)34-3/h4-5,9,13,17-21,28-31,33H,6-8,10H2,1-3H3/t17-,18-,19?,20-,21+,24-/m0/s1. The number of benzene rings is 1. The maximum atomic E-state index is 14.2. The molecule has 0 spiro atoms. The Labute approximate surface area is 206 Å². The van der Waals surface area contributed by atoms with Crippen LogP contribution >= 0.6 is 0 Å². The molecule has 0 radical (unpaired) electrons. The first-order valence-electron chi connectivity index (χ1n) is 11.7. The number of aromatic nitrogens is 2. The molecule has 1 aromatic heterocycles. The van der Waals surface area contributed by atoms with Crippen molar-refractivity contribution in [3.63, 3.8) is 0 Å². The Balaban J connectivity index is 1.68. The molecule has 198 valence electrons. The molecule has 1 aliphatic carbocycles. The van der Waals surface area contributed by atoms with Gasteiger partial charge in [-0.25, -0.2) is 9.18 Å². The van der Waals surface area contributed by atoms with Gasteiger partial charge in [0.05, 0.1) is 7.11 Å². The summed E-state index contributed by atoms with van der Waals surface area (Å²) < 4.78 is 31.2. The molecular weight excluding hydrogens is 479 g/mol. The Morgan fingerprint density at radius 2 is 1.97 bits per heavy atom. The second-order valence-electron chi connectivity index (χ2n) is 9.46. The monoisotopic (exact) mass is 510 g/mol. The van der Waals surface area contributed by atoms with Gasteiger partial charge in [0.2, 0.25) is 5.88 Å². The zero-order valence-electron chi connectivity index (χ0n) is 20.2. The van der Waals surface area contributed by atoms with Crippen LogP contribution in [0.1, 0.15) is 35.2 Å². The van der Waals surface area contributed by atoms with E-state index in [4.69, 9.17) is 9.47 Å². The first-order valence-corrected chi connectivity index (χ1v) is 11.7.